The van der Waals surface area contributed by atoms with Crippen LogP contribution in [-0.4, -0.2) is 50.0 Å². The number of likely N-dealkylation sites (tertiary alicyclic amines) is 1. The molecular formula is C17H24N4O2. The zero-order valence-corrected chi connectivity index (χ0v) is 13.8. The fourth-order valence-corrected chi connectivity index (χ4v) is 3.34. The summed E-state index contributed by atoms with van der Waals surface area (Å²) < 4.78 is 3.63. The van der Waals surface area contributed by atoms with Crippen LogP contribution in [0.5, 0.6) is 0 Å². The molecule has 3 heterocycles. The molecule has 1 saturated heterocycles. The summed E-state index contributed by atoms with van der Waals surface area (Å²) in [6.45, 7) is 3.69. The molecule has 6 nitrogen and oxygen atoms in total. The minimum atomic E-state index is -0.0189. The number of aromatic nitrogens is 3. The zero-order valence-electron chi connectivity index (χ0n) is 13.8. The minimum Gasteiger partial charge on any atom is -0.396 e. The van der Waals surface area contributed by atoms with Gasteiger partial charge in [0.2, 0.25) is 0 Å². The summed E-state index contributed by atoms with van der Waals surface area (Å²) in [5.74, 6) is 0.805. The van der Waals surface area contributed by atoms with Gasteiger partial charge in [-0.25, -0.2) is 0 Å². The molecule has 0 bridgehead atoms. The van der Waals surface area contributed by atoms with Gasteiger partial charge in [0, 0.05) is 39.1 Å². The van der Waals surface area contributed by atoms with Gasteiger partial charge in [-0.2, -0.15) is 5.10 Å². The lowest BCUT2D eigenvalue weighted by molar-refractivity contribution is 0.0338. The molecule has 1 aliphatic rings. The van der Waals surface area contributed by atoms with Gasteiger partial charge in [-0.15, -0.1) is 0 Å². The van der Waals surface area contributed by atoms with Crippen LogP contribution in [0.15, 0.2) is 30.7 Å². The molecule has 0 aromatic carbocycles. The monoisotopic (exact) mass is 316 g/mol. The predicted octanol–water partition coefficient (Wildman–Crippen LogP) is 1.84. The Bertz CT molecular complexity index is 661. The van der Waals surface area contributed by atoms with Crippen LogP contribution in [0.1, 0.15) is 36.5 Å². The van der Waals surface area contributed by atoms with Crippen molar-refractivity contribution < 1.29 is 9.90 Å². The van der Waals surface area contributed by atoms with Crippen molar-refractivity contribution in [2.75, 3.05) is 19.7 Å². The first-order chi connectivity index (χ1) is 11.1. The number of aliphatic hydroxyl groups is 1. The van der Waals surface area contributed by atoms with E-state index in [2.05, 4.69) is 12.0 Å². The highest BCUT2D eigenvalue weighted by Gasteiger charge is 2.35. The number of rotatable bonds is 4. The van der Waals surface area contributed by atoms with E-state index in [1.165, 1.54) is 0 Å². The third-order valence-electron chi connectivity index (χ3n) is 5.18. The van der Waals surface area contributed by atoms with E-state index in [4.69, 9.17) is 0 Å². The molecule has 0 saturated carbocycles. The Morgan fingerprint density at radius 1 is 1.30 bits per heavy atom. The Morgan fingerprint density at radius 2 is 1.96 bits per heavy atom. The highest BCUT2D eigenvalue weighted by Crippen LogP contribution is 2.34. The summed E-state index contributed by atoms with van der Waals surface area (Å²) in [5, 5.41) is 13.9. The van der Waals surface area contributed by atoms with Crippen molar-refractivity contribution in [1.29, 1.82) is 0 Å². The maximum Gasteiger partial charge on any atom is 0.259 e. The molecule has 0 radical (unpaired) electrons. The Kier molecular flexibility index (Phi) is 4.26. The molecule has 1 fully saturated rings. The van der Waals surface area contributed by atoms with Gasteiger partial charge in [-0.3, -0.25) is 9.48 Å². The number of aliphatic hydroxyl groups excluding tert-OH is 1. The Hall–Kier alpha value is -2.08. The van der Waals surface area contributed by atoms with Crippen molar-refractivity contribution in [3.05, 3.63) is 36.3 Å². The third kappa shape index (κ3) is 2.79. The van der Waals surface area contributed by atoms with Crippen molar-refractivity contribution in [3.8, 4) is 5.82 Å². The lowest BCUT2D eigenvalue weighted by atomic mass is 9.77. The quantitative estimate of drug-likeness (QED) is 0.936. The van der Waals surface area contributed by atoms with E-state index in [0.717, 1.165) is 25.1 Å². The van der Waals surface area contributed by atoms with E-state index in [1.807, 2.05) is 41.0 Å². The summed E-state index contributed by atoms with van der Waals surface area (Å²) in [5.41, 5.74) is 0.603. The highest BCUT2D eigenvalue weighted by atomic mass is 16.3. The van der Waals surface area contributed by atoms with Crippen LogP contribution in [0.25, 0.3) is 5.82 Å². The van der Waals surface area contributed by atoms with E-state index >= 15 is 0 Å². The fourth-order valence-electron chi connectivity index (χ4n) is 3.34. The normalized spacial score (nSPS) is 17.4. The van der Waals surface area contributed by atoms with Crippen LogP contribution in [-0.2, 0) is 7.05 Å². The number of hydrogen-bond acceptors (Lipinski definition) is 3. The first-order valence-corrected chi connectivity index (χ1v) is 8.16. The van der Waals surface area contributed by atoms with Gasteiger partial charge in [-0.1, -0.05) is 6.92 Å². The lowest BCUT2D eigenvalue weighted by Gasteiger charge is -2.40. The number of carbonyl (C=O) groups is 1. The SMILES string of the molecule is CCC1(CO)CCN(C(=O)c2cnn(C)c2-n2cccc2)CC1. The van der Waals surface area contributed by atoms with E-state index in [-0.39, 0.29) is 17.9 Å². The summed E-state index contributed by atoms with van der Waals surface area (Å²) in [6, 6.07) is 3.86. The molecule has 0 spiro atoms. The molecule has 1 N–H and O–H groups in total. The van der Waals surface area contributed by atoms with Crippen molar-refractivity contribution in [2.45, 2.75) is 26.2 Å². The molecule has 0 atom stereocenters. The van der Waals surface area contributed by atoms with Gasteiger partial charge in [-0.05, 0) is 36.8 Å². The highest BCUT2D eigenvalue weighted by molar-refractivity contribution is 5.97. The number of piperidine rings is 1. The molecule has 2 aromatic heterocycles. The van der Waals surface area contributed by atoms with E-state index in [1.54, 1.807) is 10.9 Å². The molecule has 2 aromatic rings. The molecule has 6 heteroatoms. The topological polar surface area (TPSA) is 63.3 Å². The smallest absolute Gasteiger partial charge is 0.259 e. The maximum atomic E-state index is 12.9. The number of nitrogens with zero attached hydrogens (tertiary/aromatic N) is 4. The second-order valence-corrected chi connectivity index (χ2v) is 6.40. The van der Waals surface area contributed by atoms with Crippen LogP contribution in [0.4, 0.5) is 0 Å². The van der Waals surface area contributed by atoms with Gasteiger partial charge in [0.05, 0.1) is 6.20 Å². The fraction of sp³-hybridized carbons (Fsp3) is 0.529. The van der Waals surface area contributed by atoms with Crippen molar-refractivity contribution >= 4 is 5.91 Å². The molecule has 3 rings (SSSR count). The number of amides is 1. The van der Waals surface area contributed by atoms with Crippen LogP contribution in [0, 0.1) is 5.41 Å². The molecule has 23 heavy (non-hydrogen) atoms. The van der Waals surface area contributed by atoms with E-state index in [0.29, 0.717) is 18.7 Å². The van der Waals surface area contributed by atoms with Gasteiger partial charge in [0.25, 0.3) is 5.91 Å². The van der Waals surface area contributed by atoms with Crippen LogP contribution in [0.3, 0.4) is 0 Å². The predicted molar refractivity (Wildman–Crippen MR) is 87.5 cm³/mol. The number of carbonyl (C=O) groups excluding carboxylic acids is 1. The summed E-state index contributed by atoms with van der Waals surface area (Å²) in [6.07, 6.45) is 8.13. The largest absolute Gasteiger partial charge is 0.396 e. The summed E-state index contributed by atoms with van der Waals surface area (Å²) in [4.78, 5) is 14.8. The molecule has 0 aliphatic carbocycles. The van der Waals surface area contributed by atoms with E-state index in [9.17, 15) is 9.90 Å². The van der Waals surface area contributed by atoms with Gasteiger partial charge >= 0.3 is 0 Å². The van der Waals surface area contributed by atoms with Crippen LogP contribution < -0.4 is 0 Å². The zero-order chi connectivity index (χ0) is 16.4. The Balaban J connectivity index is 1.81. The average molecular weight is 316 g/mol. The molecular weight excluding hydrogens is 292 g/mol. The van der Waals surface area contributed by atoms with Crippen LogP contribution in [0.2, 0.25) is 0 Å². The Labute approximate surface area is 136 Å². The summed E-state index contributed by atoms with van der Waals surface area (Å²) >= 11 is 0. The second kappa shape index (κ2) is 6.20. The molecule has 124 valence electrons. The summed E-state index contributed by atoms with van der Waals surface area (Å²) in [7, 11) is 1.84. The van der Waals surface area contributed by atoms with Gasteiger partial charge < -0.3 is 14.6 Å². The Morgan fingerprint density at radius 3 is 2.52 bits per heavy atom. The van der Waals surface area contributed by atoms with Crippen molar-refractivity contribution in [2.24, 2.45) is 12.5 Å². The van der Waals surface area contributed by atoms with Crippen molar-refractivity contribution in [1.82, 2.24) is 19.2 Å². The molecule has 1 amide bonds. The first-order valence-electron chi connectivity index (χ1n) is 8.16. The number of aryl methyl sites for hydroxylation is 1. The average Bonchev–Trinajstić information content (AvgIpc) is 3.23. The second-order valence-electron chi connectivity index (χ2n) is 6.40. The molecule has 1 aliphatic heterocycles. The maximum absolute atomic E-state index is 12.9. The van der Waals surface area contributed by atoms with Gasteiger partial charge in [0.15, 0.2) is 0 Å². The standard InChI is InChI=1S/C17H24N4O2/c1-3-17(13-22)6-10-21(11-7-17)16(23)14-12-18-19(2)15(14)20-8-4-5-9-20/h4-5,8-9,12,22H,3,6-7,10-11,13H2,1-2H3. The lowest BCUT2D eigenvalue weighted by Crippen LogP contribution is -2.44. The molecule has 0 unspecified atom stereocenters. The van der Waals surface area contributed by atoms with Crippen LogP contribution >= 0.6 is 0 Å². The first kappa shape index (κ1) is 15.8. The van der Waals surface area contributed by atoms with Gasteiger partial charge in [0.1, 0.15) is 11.4 Å². The van der Waals surface area contributed by atoms with E-state index < -0.39 is 0 Å². The minimum absolute atomic E-state index is 0.0180. The third-order valence-corrected chi connectivity index (χ3v) is 5.18. The number of hydrogen-bond donors (Lipinski definition) is 1. The van der Waals surface area contributed by atoms with Crippen molar-refractivity contribution in [3.63, 3.8) is 0 Å².